The molecule has 2 N–H and O–H groups in total. The Hall–Kier alpha value is -2.59. The van der Waals surface area contributed by atoms with Crippen LogP contribution in [0.15, 0.2) is 54.6 Å². The van der Waals surface area contributed by atoms with Gasteiger partial charge in [-0.05, 0) is 43.3 Å². The monoisotopic (exact) mass is 295 g/mol. The summed E-state index contributed by atoms with van der Waals surface area (Å²) in [6.45, 7) is 1.73. The molecule has 0 fully saturated rings. The number of benzene rings is 2. The number of carbonyl (C=O) groups is 1. The van der Waals surface area contributed by atoms with Crippen LogP contribution in [-0.4, -0.2) is 23.2 Å². The fourth-order valence-corrected chi connectivity index (χ4v) is 2.28. The number of rotatable bonds is 3. The van der Waals surface area contributed by atoms with Crippen LogP contribution < -0.4 is 10.1 Å². The van der Waals surface area contributed by atoms with Crippen LogP contribution in [0.5, 0.6) is 5.75 Å². The zero-order valence-electron chi connectivity index (χ0n) is 12.2. The smallest absolute Gasteiger partial charge is 0.255 e. The highest BCUT2D eigenvalue weighted by atomic mass is 16.5. The molecule has 2 aromatic carbocycles. The van der Waals surface area contributed by atoms with Crippen LogP contribution in [0, 0.1) is 0 Å². The number of ether oxygens (including phenoxy) is 1. The Bertz CT molecular complexity index is 724. The number of hydrogen-bond donors (Lipinski definition) is 2. The van der Waals surface area contributed by atoms with Gasteiger partial charge in [-0.1, -0.05) is 24.3 Å². The average molecular weight is 295 g/mol. The van der Waals surface area contributed by atoms with Gasteiger partial charge in [-0.3, -0.25) is 4.79 Å². The lowest BCUT2D eigenvalue weighted by Gasteiger charge is -2.29. The molecule has 0 saturated heterocycles. The van der Waals surface area contributed by atoms with Gasteiger partial charge in [-0.25, -0.2) is 0 Å². The lowest BCUT2D eigenvalue weighted by atomic mass is 10.0. The first-order chi connectivity index (χ1) is 10.6. The van der Waals surface area contributed by atoms with E-state index in [2.05, 4.69) is 5.32 Å². The van der Waals surface area contributed by atoms with Crippen LogP contribution in [0.1, 0.15) is 22.8 Å². The molecule has 112 valence electrons. The van der Waals surface area contributed by atoms with Crippen molar-refractivity contribution >= 4 is 17.7 Å². The van der Waals surface area contributed by atoms with E-state index in [9.17, 15) is 9.90 Å². The largest absolute Gasteiger partial charge is 0.480 e. The molecule has 3 rings (SSSR count). The number of nitrogens with one attached hydrogen (secondary N) is 1. The Balaban J connectivity index is 1.80. The summed E-state index contributed by atoms with van der Waals surface area (Å²) in [5.74, 6) is 0.540. The van der Waals surface area contributed by atoms with Crippen molar-refractivity contribution in [2.45, 2.75) is 12.5 Å². The quantitative estimate of drug-likeness (QED) is 0.914. The predicted octanol–water partition coefficient (Wildman–Crippen LogP) is 3.10. The van der Waals surface area contributed by atoms with Gasteiger partial charge in [0.2, 0.25) is 0 Å². The molecule has 0 aromatic heterocycles. The van der Waals surface area contributed by atoms with E-state index in [-0.39, 0.29) is 12.5 Å². The fourth-order valence-electron chi connectivity index (χ4n) is 2.28. The zero-order valence-corrected chi connectivity index (χ0v) is 12.2. The molecule has 1 aliphatic heterocycles. The standard InChI is InChI=1S/C18H17NO3/c1-18(12-20)10-9-14-11-15(7-8-16(14)22-18)19-17(21)13-5-3-2-4-6-13/h2-11,20H,12H2,1H3,(H,19,21). The van der Waals surface area contributed by atoms with Crippen molar-refractivity contribution in [1.29, 1.82) is 0 Å². The molecule has 0 aliphatic carbocycles. The molecule has 0 radical (unpaired) electrons. The lowest BCUT2D eigenvalue weighted by Crippen LogP contribution is -2.35. The van der Waals surface area contributed by atoms with E-state index >= 15 is 0 Å². The lowest BCUT2D eigenvalue weighted by molar-refractivity contribution is 0.0641. The van der Waals surface area contributed by atoms with Gasteiger partial charge < -0.3 is 15.2 Å². The van der Waals surface area contributed by atoms with Crippen molar-refractivity contribution in [3.8, 4) is 5.75 Å². The maximum atomic E-state index is 12.1. The average Bonchev–Trinajstić information content (AvgIpc) is 2.56. The van der Waals surface area contributed by atoms with Crippen LogP contribution in [-0.2, 0) is 0 Å². The minimum atomic E-state index is -0.693. The Morgan fingerprint density at radius 2 is 2.00 bits per heavy atom. The van der Waals surface area contributed by atoms with Gasteiger partial charge in [-0.15, -0.1) is 0 Å². The Kier molecular flexibility index (Phi) is 3.69. The van der Waals surface area contributed by atoms with Crippen LogP contribution in [0.2, 0.25) is 0 Å². The van der Waals surface area contributed by atoms with Gasteiger partial charge in [-0.2, -0.15) is 0 Å². The number of aliphatic hydroxyl groups excluding tert-OH is 1. The van der Waals surface area contributed by atoms with Crippen LogP contribution in [0.25, 0.3) is 6.08 Å². The third-order valence-corrected chi connectivity index (χ3v) is 3.58. The van der Waals surface area contributed by atoms with Crippen molar-refractivity contribution in [3.63, 3.8) is 0 Å². The van der Waals surface area contributed by atoms with Crippen molar-refractivity contribution in [1.82, 2.24) is 0 Å². The molecular formula is C18H17NO3. The molecule has 0 saturated carbocycles. The molecule has 2 aromatic rings. The number of carbonyl (C=O) groups excluding carboxylic acids is 1. The third-order valence-electron chi connectivity index (χ3n) is 3.58. The molecule has 0 bridgehead atoms. The number of aliphatic hydroxyl groups is 1. The first-order valence-corrected chi connectivity index (χ1v) is 7.09. The molecule has 4 heteroatoms. The molecule has 1 unspecified atom stereocenters. The molecule has 1 amide bonds. The molecule has 0 spiro atoms. The summed E-state index contributed by atoms with van der Waals surface area (Å²) in [4.78, 5) is 12.1. The third kappa shape index (κ3) is 2.87. The number of fused-ring (bicyclic) bond motifs is 1. The van der Waals surface area contributed by atoms with E-state index in [1.165, 1.54) is 0 Å². The van der Waals surface area contributed by atoms with Crippen LogP contribution >= 0.6 is 0 Å². The maximum absolute atomic E-state index is 12.1. The molecule has 22 heavy (non-hydrogen) atoms. The highest BCUT2D eigenvalue weighted by Gasteiger charge is 2.26. The number of amides is 1. The molecule has 1 heterocycles. The predicted molar refractivity (Wildman–Crippen MR) is 86.0 cm³/mol. The van der Waals surface area contributed by atoms with Gasteiger partial charge >= 0.3 is 0 Å². The van der Waals surface area contributed by atoms with Crippen molar-refractivity contribution in [2.75, 3.05) is 11.9 Å². The van der Waals surface area contributed by atoms with Gasteiger partial charge in [0, 0.05) is 16.8 Å². The van der Waals surface area contributed by atoms with E-state index in [4.69, 9.17) is 4.74 Å². The molecule has 4 nitrogen and oxygen atoms in total. The first kappa shape index (κ1) is 14.4. The topological polar surface area (TPSA) is 58.6 Å². The Morgan fingerprint density at radius 1 is 1.23 bits per heavy atom. The highest BCUT2D eigenvalue weighted by Crippen LogP contribution is 2.32. The summed E-state index contributed by atoms with van der Waals surface area (Å²) in [6.07, 6.45) is 3.71. The summed E-state index contributed by atoms with van der Waals surface area (Å²) in [5, 5.41) is 12.2. The van der Waals surface area contributed by atoms with Gasteiger partial charge in [0.05, 0.1) is 6.61 Å². The second kappa shape index (κ2) is 5.66. The van der Waals surface area contributed by atoms with Crippen molar-refractivity contribution < 1.29 is 14.6 Å². The summed E-state index contributed by atoms with van der Waals surface area (Å²) < 4.78 is 5.76. The van der Waals surface area contributed by atoms with Gasteiger partial charge in [0.15, 0.2) is 0 Å². The van der Waals surface area contributed by atoms with Crippen LogP contribution in [0.4, 0.5) is 5.69 Å². The number of anilines is 1. The zero-order chi connectivity index (χ0) is 15.6. The second-order valence-electron chi connectivity index (χ2n) is 5.48. The van der Waals surface area contributed by atoms with E-state index in [0.717, 1.165) is 5.56 Å². The molecular weight excluding hydrogens is 278 g/mol. The van der Waals surface area contributed by atoms with Crippen LogP contribution in [0.3, 0.4) is 0 Å². The van der Waals surface area contributed by atoms with E-state index in [1.807, 2.05) is 43.3 Å². The van der Waals surface area contributed by atoms with Crippen molar-refractivity contribution in [3.05, 3.63) is 65.7 Å². The SMILES string of the molecule is CC1(CO)C=Cc2cc(NC(=O)c3ccccc3)ccc2O1. The fraction of sp³-hybridized carbons (Fsp3) is 0.167. The van der Waals surface area contributed by atoms with Gasteiger partial charge in [0.25, 0.3) is 5.91 Å². The Labute approximate surface area is 129 Å². The van der Waals surface area contributed by atoms with E-state index in [0.29, 0.717) is 17.0 Å². The summed E-state index contributed by atoms with van der Waals surface area (Å²) in [7, 11) is 0. The number of hydrogen-bond acceptors (Lipinski definition) is 3. The Morgan fingerprint density at radius 3 is 2.73 bits per heavy atom. The van der Waals surface area contributed by atoms with E-state index < -0.39 is 5.60 Å². The summed E-state index contributed by atoms with van der Waals surface area (Å²) in [5.41, 5.74) is 1.49. The normalized spacial score (nSPS) is 19.2. The maximum Gasteiger partial charge on any atom is 0.255 e. The van der Waals surface area contributed by atoms with E-state index in [1.54, 1.807) is 24.3 Å². The summed E-state index contributed by atoms with van der Waals surface area (Å²) >= 11 is 0. The summed E-state index contributed by atoms with van der Waals surface area (Å²) in [6, 6.07) is 14.5. The van der Waals surface area contributed by atoms with Crippen molar-refractivity contribution in [2.24, 2.45) is 0 Å². The molecule has 1 aliphatic rings. The second-order valence-corrected chi connectivity index (χ2v) is 5.48. The minimum absolute atomic E-state index is 0.0879. The first-order valence-electron chi connectivity index (χ1n) is 7.09. The van der Waals surface area contributed by atoms with Gasteiger partial charge in [0.1, 0.15) is 11.4 Å². The minimum Gasteiger partial charge on any atom is -0.480 e. The molecule has 1 atom stereocenters. The highest BCUT2D eigenvalue weighted by molar-refractivity contribution is 6.04.